The van der Waals surface area contributed by atoms with Crippen molar-refractivity contribution in [2.75, 3.05) is 11.4 Å². The Morgan fingerprint density at radius 2 is 1.92 bits per heavy atom. The molecule has 0 aliphatic carbocycles. The summed E-state index contributed by atoms with van der Waals surface area (Å²) in [5.41, 5.74) is 4.91. The largest absolute Gasteiger partial charge is 0.508 e. The number of aromatic hydroxyl groups is 1. The molecule has 0 bridgehead atoms. The Bertz CT molecular complexity index is 1090. The maximum absolute atomic E-state index is 9.88. The van der Waals surface area contributed by atoms with Crippen molar-refractivity contribution in [1.29, 1.82) is 0 Å². The zero-order chi connectivity index (χ0) is 17.5. The number of hydrogen-bond acceptors (Lipinski definition) is 5. The fourth-order valence-corrected chi connectivity index (χ4v) is 3.60. The van der Waals surface area contributed by atoms with Gasteiger partial charge in [0.25, 0.3) is 0 Å². The lowest BCUT2D eigenvalue weighted by Crippen LogP contribution is -2.34. The Labute approximate surface area is 150 Å². The number of hydrogen-bond donors (Lipinski definition) is 2. The van der Waals surface area contributed by atoms with E-state index in [9.17, 15) is 5.11 Å². The molecule has 4 aromatic rings. The Morgan fingerprint density at radius 3 is 2.81 bits per heavy atom. The predicted molar refractivity (Wildman–Crippen MR) is 99.1 cm³/mol. The molecule has 0 spiro atoms. The molecule has 2 aromatic heterocycles. The molecular formula is C20H17N5O. The van der Waals surface area contributed by atoms with Crippen molar-refractivity contribution in [1.82, 2.24) is 19.9 Å². The number of benzene rings is 2. The topological polar surface area (TPSA) is 77.9 Å². The van der Waals surface area contributed by atoms with Crippen molar-refractivity contribution >= 4 is 16.9 Å². The van der Waals surface area contributed by atoms with Crippen LogP contribution in [0.4, 0.5) is 5.82 Å². The van der Waals surface area contributed by atoms with Gasteiger partial charge in [-0.2, -0.15) is 0 Å². The molecule has 0 fully saturated rings. The molecule has 0 saturated heterocycles. The third-order valence-electron chi connectivity index (χ3n) is 4.87. The van der Waals surface area contributed by atoms with Gasteiger partial charge in [-0.05, 0) is 29.8 Å². The molecular weight excluding hydrogens is 326 g/mol. The van der Waals surface area contributed by atoms with Gasteiger partial charge in [0.2, 0.25) is 0 Å². The lowest BCUT2D eigenvalue weighted by Gasteiger charge is -2.33. The molecule has 1 unspecified atom stereocenters. The monoisotopic (exact) mass is 343 g/mol. The van der Waals surface area contributed by atoms with Gasteiger partial charge < -0.3 is 15.0 Å². The Balaban J connectivity index is 1.56. The van der Waals surface area contributed by atoms with Crippen molar-refractivity contribution in [2.24, 2.45) is 0 Å². The number of para-hydroxylation sites is 2. The SMILES string of the molecule is Oc1cccc(C2CN(c3cnc4ccccc4n3)Cc3[nH]cnc32)c1. The number of H-pyrrole nitrogens is 1. The van der Waals surface area contributed by atoms with Crippen LogP contribution in [0.1, 0.15) is 22.9 Å². The van der Waals surface area contributed by atoms with Gasteiger partial charge in [0.1, 0.15) is 11.6 Å². The van der Waals surface area contributed by atoms with Gasteiger partial charge in [0.05, 0.1) is 41.5 Å². The van der Waals surface area contributed by atoms with Crippen LogP contribution in [0.15, 0.2) is 61.1 Å². The number of phenolic OH excluding ortho intramolecular Hbond substituents is 1. The van der Waals surface area contributed by atoms with E-state index in [2.05, 4.69) is 19.9 Å². The molecule has 0 amide bonds. The maximum Gasteiger partial charge on any atom is 0.148 e. The summed E-state index contributed by atoms with van der Waals surface area (Å²) in [4.78, 5) is 19.3. The summed E-state index contributed by atoms with van der Waals surface area (Å²) in [6.07, 6.45) is 3.55. The second kappa shape index (κ2) is 5.84. The van der Waals surface area contributed by atoms with Gasteiger partial charge in [-0.1, -0.05) is 24.3 Å². The number of nitrogens with zero attached hydrogens (tertiary/aromatic N) is 4. The van der Waals surface area contributed by atoms with Crippen LogP contribution < -0.4 is 4.90 Å². The van der Waals surface area contributed by atoms with E-state index in [0.717, 1.165) is 40.3 Å². The van der Waals surface area contributed by atoms with Crippen molar-refractivity contribution in [3.05, 3.63) is 78.0 Å². The zero-order valence-electron chi connectivity index (χ0n) is 14.0. The molecule has 1 aliphatic heterocycles. The molecule has 2 N–H and O–H groups in total. The summed E-state index contributed by atoms with van der Waals surface area (Å²) in [5.74, 6) is 1.17. The van der Waals surface area contributed by atoms with Crippen molar-refractivity contribution in [2.45, 2.75) is 12.5 Å². The number of nitrogens with one attached hydrogen (secondary N) is 1. The number of aromatic nitrogens is 4. The summed E-state index contributed by atoms with van der Waals surface area (Å²) in [7, 11) is 0. The number of fused-ring (bicyclic) bond motifs is 2. The number of rotatable bonds is 2. The standard InChI is InChI=1S/C20H17N5O/c26-14-5-3-4-13(8-14)15-10-25(11-18-20(15)23-12-22-18)19-9-21-16-6-1-2-7-17(16)24-19/h1-9,12,15,26H,10-11H2,(H,22,23). The Kier molecular flexibility index (Phi) is 3.35. The first-order valence-electron chi connectivity index (χ1n) is 8.56. The fraction of sp³-hybridized carbons (Fsp3) is 0.150. The van der Waals surface area contributed by atoms with Crippen LogP contribution in [0.25, 0.3) is 11.0 Å². The third-order valence-corrected chi connectivity index (χ3v) is 4.87. The van der Waals surface area contributed by atoms with Crippen LogP contribution in [-0.4, -0.2) is 31.6 Å². The van der Waals surface area contributed by atoms with Gasteiger partial charge in [-0.3, -0.25) is 4.98 Å². The molecule has 0 radical (unpaired) electrons. The van der Waals surface area contributed by atoms with Gasteiger partial charge in [0.15, 0.2) is 0 Å². The highest BCUT2D eigenvalue weighted by molar-refractivity contribution is 5.75. The predicted octanol–water partition coefficient (Wildman–Crippen LogP) is 3.21. The third kappa shape index (κ3) is 2.47. The highest BCUT2D eigenvalue weighted by atomic mass is 16.3. The molecule has 128 valence electrons. The van der Waals surface area contributed by atoms with E-state index in [0.29, 0.717) is 6.54 Å². The van der Waals surface area contributed by atoms with Gasteiger partial charge in [-0.25, -0.2) is 9.97 Å². The average molecular weight is 343 g/mol. The van der Waals surface area contributed by atoms with Crippen LogP contribution in [0, 0.1) is 0 Å². The van der Waals surface area contributed by atoms with E-state index in [-0.39, 0.29) is 11.7 Å². The lowest BCUT2D eigenvalue weighted by molar-refractivity contribution is 0.473. The minimum Gasteiger partial charge on any atom is -0.508 e. The minimum absolute atomic E-state index is 0.0605. The van der Waals surface area contributed by atoms with Crippen LogP contribution in [0.2, 0.25) is 0 Å². The van der Waals surface area contributed by atoms with E-state index in [1.807, 2.05) is 42.6 Å². The molecule has 1 aliphatic rings. The zero-order valence-corrected chi connectivity index (χ0v) is 14.0. The quantitative estimate of drug-likeness (QED) is 0.584. The molecule has 6 nitrogen and oxygen atoms in total. The fourth-order valence-electron chi connectivity index (χ4n) is 3.60. The highest BCUT2D eigenvalue weighted by Crippen LogP contribution is 2.34. The second-order valence-electron chi connectivity index (χ2n) is 6.51. The van der Waals surface area contributed by atoms with Crippen LogP contribution in [-0.2, 0) is 6.54 Å². The molecule has 5 rings (SSSR count). The van der Waals surface area contributed by atoms with Gasteiger partial charge in [0, 0.05) is 12.5 Å². The van der Waals surface area contributed by atoms with E-state index in [1.54, 1.807) is 18.5 Å². The lowest BCUT2D eigenvalue weighted by atomic mass is 9.91. The van der Waals surface area contributed by atoms with Crippen molar-refractivity contribution in [3.63, 3.8) is 0 Å². The summed E-state index contributed by atoms with van der Waals surface area (Å²) in [6, 6.07) is 15.3. The summed E-state index contributed by atoms with van der Waals surface area (Å²) in [5, 5.41) is 9.88. The molecule has 0 saturated carbocycles. The number of aromatic amines is 1. The maximum atomic E-state index is 9.88. The van der Waals surface area contributed by atoms with Gasteiger partial charge >= 0.3 is 0 Å². The summed E-state index contributed by atoms with van der Waals surface area (Å²) >= 11 is 0. The first-order valence-corrected chi connectivity index (χ1v) is 8.56. The summed E-state index contributed by atoms with van der Waals surface area (Å²) in [6.45, 7) is 1.44. The smallest absolute Gasteiger partial charge is 0.148 e. The second-order valence-corrected chi connectivity index (χ2v) is 6.51. The number of anilines is 1. The van der Waals surface area contributed by atoms with Crippen molar-refractivity contribution in [3.8, 4) is 5.75 Å². The summed E-state index contributed by atoms with van der Waals surface area (Å²) < 4.78 is 0. The minimum atomic E-state index is 0.0605. The van der Waals surface area contributed by atoms with E-state index >= 15 is 0 Å². The van der Waals surface area contributed by atoms with E-state index in [4.69, 9.17) is 4.98 Å². The highest BCUT2D eigenvalue weighted by Gasteiger charge is 2.30. The average Bonchev–Trinajstić information content (AvgIpc) is 3.15. The molecule has 6 heteroatoms. The number of phenols is 1. The van der Waals surface area contributed by atoms with Crippen LogP contribution in [0.5, 0.6) is 5.75 Å². The molecule has 2 aromatic carbocycles. The molecule has 3 heterocycles. The first kappa shape index (κ1) is 14.9. The normalized spacial score (nSPS) is 16.6. The van der Waals surface area contributed by atoms with E-state index < -0.39 is 0 Å². The van der Waals surface area contributed by atoms with Gasteiger partial charge in [-0.15, -0.1) is 0 Å². The number of imidazole rings is 1. The van der Waals surface area contributed by atoms with Crippen LogP contribution in [0.3, 0.4) is 0 Å². The first-order chi connectivity index (χ1) is 12.8. The molecule has 26 heavy (non-hydrogen) atoms. The molecule has 1 atom stereocenters. The van der Waals surface area contributed by atoms with E-state index in [1.165, 1.54) is 0 Å². The van der Waals surface area contributed by atoms with Crippen molar-refractivity contribution < 1.29 is 5.11 Å². The Hall–Kier alpha value is -3.41. The van der Waals surface area contributed by atoms with Crippen LogP contribution >= 0.6 is 0 Å². The Morgan fingerprint density at radius 1 is 1.04 bits per heavy atom.